The maximum Gasteiger partial charge on any atom is 0.220 e. The van der Waals surface area contributed by atoms with Gasteiger partial charge in [-0.2, -0.15) is 0 Å². The highest BCUT2D eigenvalue weighted by Gasteiger charge is 2.19. The molecule has 0 aromatic rings. The molecule has 1 unspecified atom stereocenters. The van der Waals surface area contributed by atoms with Crippen LogP contribution in [0, 0.1) is 5.92 Å². The lowest BCUT2D eigenvalue weighted by Gasteiger charge is -2.22. The molecule has 0 aromatic carbocycles. The highest BCUT2D eigenvalue weighted by molar-refractivity contribution is 5.76. The average molecular weight is 226 g/mol. The van der Waals surface area contributed by atoms with Crippen LogP contribution >= 0.6 is 0 Å². The number of carbonyl (C=O) groups excluding carboxylic acids is 1. The zero-order valence-corrected chi connectivity index (χ0v) is 9.84. The van der Waals surface area contributed by atoms with Crippen molar-refractivity contribution in [3.63, 3.8) is 0 Å². The molecule has 4 nitrogen and oxygen atoms in total. The standard InChI is InChI=1S/C12H22N2O2/c15-12(8-10-3-5-13-6-4-10)14-9-11-2-1-7-16-11/h10-11,13H,1-9H2,(H,14,15). The van der Waals surface area contributed by atoms with Gasteiger partial charge in [-0.05, 0) is 44.7 Å². The van der Waals surface area contributed by atoms with Gasteiger partial charge in [-0.3, -0.25) is 4.79 Å². The zero-order valence-electron chi connectivity index (χ0n) is 9.84. The van der Waals surface area contributed by atoms with Gasteiger partial charge < -0.3 is 15.4 Å². The monoisotopic (exact) mass is 226 g/mol. The van der Waals surface area contributed by atoms with Gasteiger partial charge in [-0.15, -0.1) is 0 Å². The van der Waals surface area contributed by atoms with E-state index in [2.05, 4.69) is 10.6 Å². The summed E-state index contributed by atoms with van der Waals surface area (Å²) in [5.74, 6) is 0.771. The van der Waals surface area contributed by atoms with E-state index in [0.717, 1.165) is 45.4 Å². The zero-order chi connectivity index (χ0) is 11.2. The quantitative estimate of drug-likeness (QED) is 0.741. The molecule has 0 radical (unpaired) electrons. The molecule has 2 saturated heterocycles. The van der Waals surface area contributed by atoms with Crippen molar-refractivity contribution >= 4 is 5.91 Å². The second-order valence-electron chi connectivity index (χ2n) is 4.84. The largest absolute Gasteiger partial charge is 0.376 e. The Balaban J connectivity index is 1.59. The fourth-order valence-corrected chi connectivity index (χ4v) is 2.45. The molecule has 2 N–H and O–H groups in total. The molecule has 2 aliphatic heterocycles. The molecule has 0 spiro atoms. The highest BCUT2D eigenvalue weighted by Crippen LogP contribution is 2.16. The molecule has 0 saturated carbocycles. The van der Waals surface area contributed by atoms with Crippen molar-refractivity contribution in [1.82, 2.24) is 10.6 Å². The Morgan fingerprint density at radius 1 is 1.31 bits per heavy atom. The number of nitrogens with one attached hydrogen (secondary N) is 2. The van der Waals surface area contributed by atoms with Crippen LogP contribution in [0.5, 0.6) is 0 Å². The first kappa shape index (κ1) is 11.9. The van der Waals surface area contributed by atoms with Gasteiger partial charge in [-0.25, -0.2) is 0 Å². The number of rotatable bonds is 4. The molecule has 4 heteroatoms. The third-order valence-corrected chi connectivity index (χ3v) is 3.48. The van der Waals surface area contributed by atoms with Gasteiger partial charge in [0.2, 0.25) is 5.91 Å². The Labute approximate surface area is 97.1 Å². The number of ether oxygens (including phenoxy) is 1. The van der Waals surface area contributed by atoms with Crippen molar-refractivity contribution in [3.8, 4) is 0 Å². The Morgan fingerprint density at radius 3 is 2.81 bits per heavy atom. The number of piperidine rings is 1. The minimum absolute atomic E-state index is 0.197. The molecule has 1 atom stereocenters. The van der Waals surface area contributed by atoms with Crippen LogP contribution in [0.25, 0.3) is 0 Å². The lowest BCUT2D eigenvalue weighted by Crippen LogP contribution is -2.35. The van der Waals surface area contributed by atoms with Gasteiger partial charge >= 0.3 is 0 Å². The van der Waals surface area contributed by atoms with Crippen LogP contribution in [-0.4, -0.2) is 38.3 Å². The van der Waals surface area contributed by atoms with Crippen molar-refractivity contribution in [3.05, 3.63) is 0 Å². The predicted octanol–water partition coefficient (Wildman–Crippen LogP) is 0.671. The minimum Gasteiger partial charge on any atom is -0.376 e. The molecule has 0 aromatic heterocycles. The van der Waals surface area contributed by atoms with Gasteiger partial charge in [0.15, 0.2) is 0 Å². The molecule has 92 valence electrons. The summed E-state index contributed by atoms with van der Waals surface area (Å²) < 4.78 is 5.47. The molecule has 0 bridgehead atoms. The van der Waals surface area contributed by atoms with Crippen molar-refractivity contribution in [2.75, 3.05) is 26.2 Å². The predicted molar refractivity (Wildman–Crippen MR) is 62.2 cm³/mol. The molecule has 16 heavy (non-hydrogen) atoms. The van der Waals surface area contributed by atoms with Crippen molar-refractivity contribution in [2.45, 2.75) is 38.2 Å². The Bertz CT molecular complexity index is 221. The number of amides is 1. The third-order valence-electron chi connectivity index (χ3n) is 3.48. The third kappa shape index (κ3) is 3.76. The van der Waals surface area contributed by atoms with E-state index in [1.165, 1.54) is 0 Å². The van der Waals surface area contributed by atoms with E-state index in [4.69, 9.17) is 4.74 Å². The first-order chi connectivity index (χ1) is 7.84. The maximum absolute atomic E-state index is 11.7. The van der Waals surface area contributed by atoms with E-state index in [1.54, 1.807) is 0 Å². The van der Waals surface area contributed by atoms with Crippen LogP contribution in [0.2, 0.25) is 0 Å². The number of hydrogen-bond donors (Lipinski definition) is 2. The summed E-state index contributed by atoms with van der Waals surface area (Å²) in [5, 5.41) is 6.30. The van der Waals surface area contributed by atoms with E-state index in [-0.39, 0.29) is 12.0 Å². The Kier molecular flexibility index (Phi) is 4.60. The van der Waals surface area contributed by atoms with Gasteiger partial charge in [0, 0.05) is 19.6 Å². The maximum atomic E-state index is 11.7. The van der Waals surface area contributed by atoms with E-state index >= 15 is 0 Å². The normalized spacial score (nSPS) is 26.9. The first-order valence-electron chi connectivity index (χ1n) is 6.43. The van der Waals surface area contributed by atoms with Crippen LogP contribution in [0.1, 0.15) is 32.1 Å². The van der Waals surface area contributed by atoms with Gasteiger partial charge in [0.05, 0.1) is 6.10 Å². The minimum atomic E-state index is 0.197. The van der Waals surface area contributed by atoms with E-state index < -0.39 is 0 Å². The highest BCUT2D eigenvalue weighted by atomic mass is 16.5. The SMILES string of the molecule is O=C(CC1CCNCC1)NCC1CCCO1. The van der Waals surface area contributed by atoms with Crippen molar-refractivity contribution < 1.29 is 9.53 Å². The van der Waals surface area contributed by atoms with Crippen LogP contribution in [0.3, 0.4) is 0 Å². The summed E-state index contributed by atoms with van der Waals surface area (Å²) in [6.45, 7) is 3.67. The second-order valence-corrected chi connectivity index (χ2v) is 4.84. The second kappa shape index (κ2) is 6.21. The fraction of sp³-hybridized carbons (Fsp3) is 0.917. The van der Waals surface area contributed by atoms with E-state index in [0.29, 0.717) is 18.9 Å². The van der Waals surface area contributed by atoms with Crippen molar-refractivity contribution in [2.24, 2.45) is 5.92 Å². The average Bonchev–Trinajstić information content (AvgIpc) is 2.81. The summed E-state index contributed by atoms with van der Waals surface area (Å²) >= 11 is 0. The van der Waals surface area contributed by atoms with Crippen LogP contribution < -0.4 is 10.6 Å². The summed E-state index contributed by atoms with van der Waals surface area (Å²) in [6.07, 6.45) is 5.44. The molecule has 1 amide bonds. The van der Waals surface area contributed by atoms with Gasteiger partial charge in [0.1, 0.15) is 0 Å². The lowest BCUT2D eigenvalue weighted by molar-refractivity contribution is -0.122. The summed E-state index contributed by atoms with van der Waals surface area (Å²) in [7, 11) is 0. The lowest BCUT2D eigenvalue weighted by atomic mass is 9.94. The Morgan fingerprint density at radius 2 is 2.12 bits per heavy atom. The topological polar surface area (TPSA) is 50.4 Å². The summed E-state index contributed by atoms with van der Waals surface area (Å²) in [4.78, 5) is 11.7. The Hall–Kier alpha value is -0.610. The van der Waals surface area contributed by atoms with E-state index in [1.807, 2.05) is 0 Å². The summed E-state index contributed by atoms with van der Waals surface area (Å²) in [5.41, 5.74) is 0. The smallest absolute Gasteiger partial charge is 0.220 e. The molecule has 2 fully saturated rings. The van der Waals surface area contributed by atoms with Crippen molar-refractivity contribution in [1.29, 1.82) is 0 Å². The van der Waals surface area contributed by atoms with Gasteiger partial charge in [-0.1, -0.05) is 0 Å². The number of carbonyl (C=O) groups is 1. The molecule has 2 aliphatic rings. The molecular weight excluding hydrogens is 204 g/mol. The molecule has 2 rings (SSSR count). The van der Waals surface area contributed by atoms with Crippen LogP contribution in [-0.2, 0) is 9.53 Å². The summed E-state index contributed by atoms with van der Waals surface area (Å²) in [6, 6.07) is 0. The number of hydrogen-bond acceptors (Lipinski definition) is 3. The molecule has 2 heterocycles. The first-order valence-corrected chi connectivity index (χ1v) is 6.43. The van der Waals surface area contributed by atoms with Crippen LogP contribution in [0.4, 0.5) is 0 Å². The molecular formula is C12H22N2O2. The fourth-order valence-electron chi connectivity index (χ4n) is 2.45. The van der Waals surface area contributed by atoms with E-state index in [9.17, 15) is 4.79 Å². The van der Waals surface area contributed by atoms with Crippen LogP contribution in [0.15, 0.2) is 0 Å². The molecule has 0 aliphatic carbocycles. The van der Waals surface area contributed by atoms with Gasteiger partial charge in [0.25, 0.3) is 0 Å².